The molecule has 0 fully saturated rings. The molecular formula is C17H16O4. The van der Waals surface area contributed by atoms with Crippen LogP contribution in [0.2, 0.25) is 0 Å². The molecular weight excluding hydrogens is 268 g/mol. The standard InChI is InChI=1S/C17H16O4/c1-4-6-11(5-2)16(18)14-10-21-15-9-12(20-3)7-8-13(15)17(14)19/h4-9,14H,1-2,10H2,3H3/b11-6+. The fraction of sp³-hybridized carbons (Fsp3) is 0.176. The summed E-state index contributed by atoms with van der Waals surface area (Å²) in [7, 11) is 1.54. The number of methoxy groups -OCH3 is 1. The third kappa shape index (κ3) is 2.79. The molecule has 108 valence electrons. The smallest absolute Gasteiger partial charge is 0.180 e. The molecule has 0 spiro atoms. The van der Waals surface area contributed by atoms with E-state index in [9.17, 15) is 9.59 Å². The van der Waals surface area contributed by atoms with Crippen molar-refractivity contribution in [3.63, 3.8) is 0 Å². The number of carbonyl (C=O) groups is 2. The third-order valence-electron chi connectivity index (χ3n) is 3.29. The Morgan fingerprint density at radius 1 is 1.43 bits per heavy atom. The van der Waals surface area contributed by atoms with E-state index in [1.165, 1.54) is 25.3 Å². The zero-order chi connectivity index (χ0) is 15.4. The highest BCUT2D eigenvalue weighted by Gasteiger charge is 2.35. The quantitative estimate of drug-likeness (QED) is 0.474. The Labute approximate surface area is 123 Å². The number of allylic oxidation sites excluding steroid dienone is 4. The number of benzene rings is 1. The van der Waals surface area contributed by atoms with Crippen molar-refractivity contribution in [1.82, 2.24) is 0 Å². The Morgan fingerprint density at radius 3 is 2.81 bits per heavy atom. The number of fused-ring (bicyclic) bond motifs is 1. The van der Waals surface area contributed by atoms with Gasteiger partial charge in [-0.15, -0.1) is 0 Å². The van der Waals surface area contributed by atoms with E-state index >= 15 is 0 Å². The highest BCUT2D eigenvalue weighted by Crippen LogP contribution is 2.32. The summed E-state index contributed by atoms with van der Waals surface area (Å²) >= 11 is 0. The Kier molecular flexibility index (Phi) is 4.38. The number of ether oxygens (including phenoxy) is 2. The van der Waals surface area contributed by atoms with Crippen LogP contribution in [0.3, 0.4) is 0 Å². The van der Waals surface area contributed by atoms with E-state index in [0.29, 0.717) is 22.6 Å². The van der Waals surface area contributed by atoms with Gasteiger partial charge in [0, 0.05) is 11.6 Å². The first-order valence-electron chi connectivity index (χ1n) is 6.46. The number of Topliss-reactive ketones (excluding diaryl/α,β-unsaturated/α-hetero) is 2. The van der Waals surface area contributed by atoms with Crippen LogP contribution in [0.4, 0.5) is 0 Å². The van der Waals surface area contributed by atoms with Crippen molar-refractivity contribution in [1.29, 1.82) is 0 Å². The molecule has 4 heteroatoms. The Bertz CT molecular complexity index is 640. The third-order valence-corrected chi connectivity index (χ3v) is 3.29. The molecule has 0 bridgehead atoms. The monoisotopic (exact) mass is 284 g/mol. The van der Waals surface area contributed by atoms with Crippen LogP contribution in [0.1, 0.15) is 10.4 Å². The molecule has 0 saturated heterocycles. The van der Waals surface area contributed by atoms with E-state index in [1.807, 2.05) is 0 Å². The van der Waals surface area contributed by atoms with Gasteiger partial charge in [-0.05, 0) is 12.1 Å². The molecule has 1 aliphatic rings. The van der Waals surface area contributed by atoms with Crippen molar-refractivity contribution >= 4 is 11.6 Å². The molecule has 1 aliphatic heterocycles. The summed E-state index contributed by atoms with van der Waals surface area (Å²) in [5.41, 5.74) is 0.742. The lowest BCUT2D eigenvalue weighted by atomic mass is 9.88. The molecule has 1 aromatic carbocycles. The van der Waals surface area contributed by atoms with Crippen LogP contribution < -0.4 is 9.47 Å². The van der Waals surface area contributed by atoms with Crippen LogP contribution in [-0.2, 0) is 4.79 Å². The first-order valence-corrected chi connectivity index (χ1v) is 6.46. The number of rotatable bonds is 5. The van der Waals surface area contributed by atoms with Gasteiger partial charge in [0.1, 0.15) is 24.0 Å². The minimum atomic E-state index is -0.852. The second-order valence-corrected chi connectivity index (χ2v) is 4.52. The number of hydrogen-bond acceptors (Lipinski definition) is 4. The molecule has 0 saturated carbocycles. The summed E-state index contributed by atoms with van der Waals surface area (Å²) in [6.07, 6.45) is 4.44. The molecule has 0 amide bonds. The first-order chi connectivity index (χ1) is 10.1. The van der Waals surface area contributed by atoms with Crippen molar-refractivity contribution in [2.75, 3.05) is 13.7 Å². The lowest BCUT2D eigenvalue weighted by Gasteiger charge is -2.23. The van der Waals surface area contributed by atoms with Gasteiger partial charge in [0.2, 0.25) is 0 Å². The summed E-state index contributed by atoms with van der Waals surface area (Å²) in [6.45, 7) is 7.14. The van der Waals surface area contributed by atoms with Gasteiger partial charge in [-0.3, -0.25) is 9.59 Å². The van der Waals surface area contributed by atoms with Gasteiger partial charge in [0.05, 0.1) is 12.7 Å². The molecule has 0 N–H and O–H groups in total. The fourth-order valence-electron chi connectivity index (χ4n) is 2.16. The predicted octanol–water partition coefficient (Wildman–Crippen LogP) is 2.75. The Hall–Kier alpha value is -2.62. The second-order valence-electron chi connectivity index (χ2n) is 4.52. The largest absolute Gasteiger partial charge is 0.497 e. The zero-order valence-electron chi connectivity index (χ0n) is 11.8. The maximum absolute atomic E-state index is 12.5. The van der Waals surface area contributed by atoms with E-state index in [0.717, 1.165) is 0 Å². The maximum Gasteiger partial charge on any atom is 0.180 e. The van der Waals surface area contributed by atoms with Crippen molar-refractivity contribution < 1.29 is 19.1 Å². The van der Waals surface area contributed by atoms with Crippen LogP contribution >= 0.6 is 0 Å². The van der Waals surface area contributed by atoms with Crippen LogP contribution in [0.15, 0.2) is 55.2 Å². The summed E-state index contributed by atoms with van der Waals surface area (Å²) < 4.78 is 10.6. The molecule has 4 nitrogen and oxygen atoms in total. The van der Waals surface area contributed by atoms with E-state index in [2.05, 4.69) is 13.2 Å². The van der Waals surface area contributed by atoms with Gasteiger partial charge in [0.25, 0.3) is 0 Å². The number of ketones is 2. The topological polar surface area (TPSA) is 52.6 Å². The summed E-state index contributed by atoms with van der Waals surface area (Å²) in [6, 6.07) is 4.92. The van der Waals surface area contributed by atoms with Gasteiger partial charge < -0.3 is 9.47 Å². The molecule has 21 heavy (non-hydrogen) atoms. The maximum atomic E-state index is 12.5. The highest BCUT2D eigenvalue weighted by molar-refractivity contribution is 6.18. The first kappa shape index (κ1) is 14.8. The van der Waals surface area contributed by atoms with E-state index in [-0.39, 0.29) is 18.2 Å². The average molecular weight is 284 g/mol. The number of hydrogen-bond donors (Lipinski definition) is 0. The Balaban J connectivity index is 2.32. The molecule has 1 aromatic rings. The lowest BCUT2D eigenvalue weighted by Crippen LogP contribution is -2.34. The summed E-state index contributed by atoms with van der Waals surface area (Å²) in [5, 5.41) is 0. The molecule has 0 radical (unpaired) electrons. The Morgan fingerprint density at radius 2 is 2.19 bits per heavy atom. The molecule has 0 aromatic heterocycles. The van der Waals surface area contributed by atoms with Gasteiger partial charge in [-0.2, -0.15) is 0 Å². The average Bonchev–Trinajstić information content (AvgIpc) is 2.52. The minimum absolute atomic E-state index is 0.0140. The number of carbonyl (C=O) groups excluding carboxylic acids is 2. The van der Waals surface area contributed by atoms with Crippen LogP contribution in [-0.4, -0.2) is 25.3 Å². The zero-order valence-corrected chi connectivity index (χ0v) is 11.8. The molecule has 2 rings (SSSR count). The van der Waals surface area contributed by atoms with Crippen molar-refractivity contribution in [3.8, 4) is 11.5 Å². The van der Waals surface area contributed by atoms with Gasteiger partial charge in [-0.1, -0.05) is 31.4 Å². The van der Waals surface area contributed by atoms with Crippen LogP contribution in [0.5, 0.6) is 11.5 Å². The SMILES string of the molecule is C=C/C=C(\C=C)C(=O)C1COc2cc(OC)ccc2C1=O. The van der Waals surface area contributed by atoms with E-state index in [1.54, 1.807) is 18.2 Å². The summed E-state index contributed by atoms with van der Waals surface area (Å²) in [5.74, 6) is -0.368. The van der Waals surface area contributed by atoms with Gasteiger partial charge in [-0.25, -0.2) is 0 Å². The molecule has 1 heterocycles. The van der Waals surface area contributed by atoms with Gasteiger partial charge >= 0.3 is 0 Å². The van der Waals surface area contributed by atoms with Crippen molar-refractivity contribution in [2.45, 2.75) is 0 Å². The fourth-order valence-corrected chi connectivity index (χ4v) is 2.16. The van der Waals surface area contributed by atoms with Crippen LogP contribution in [0.25, 0.3) is 0 Å². The lowest BCUT2D eigenvalue weighted by molar-refractivity contribution is -0.118. The van der Waals surface area contributed by atoms with Crippen LogP contribution in [0, 0.1) is 5.92 Å². The van der Waals surface area contributed by atoms with Gasteiger partial charge in [0.15, 0.2) is 11.6 Å². The van der Waals surface area contributed by atoms with E-state index < -0.39 is 5.92 Å². The normalized spacial score (nSPS) is 17.5. The van der Waals surface area contributed by atoms with Crippen molar-refractivity contribution in [3.05, 3.63) is 60.7 Å². The van der Waals surface area contributed by atoms with E-state index in [4.69, 9.17) is 9.47 Å². The predicted molar refractivity (Wildman–Crippen MR) is 79.8 cm³/mol. The highest BCUT2D eigenvalue weighted by atomic mass is 16.5. The molecule has 0 aliphatic carbocycles. The molecule has 1 unspecified atom stereocenters. The molecule has 1 atom stereocenters. The summed E-state index contributed by atoms with van der Waals surface area (Å²) in [4.78, 5) is 24.8. The second kappa shape index (κ2) is 6.22. The minimum Gasteiger partial charge on any atom is -0.497 e. The van der Waals surface area contributed by atoms with Crippen molar-refractivity contribution in [2.24, 2.45) is 5.92 Å².